The SMILES string of the molecule is CC/C=C(/C)C(=O)N=c1sccn1C. The van der Waals surface area contributed by atoms with Gasteiger partial charge >= 0.3 is 0 Å². The number of hydrogen-bond donors (Lipinski definition) is 0. The number of aromatic nitrogens is 1. The Labute approximate surface area is 87.4 Å². The summed E-state index contributed by atoms with van der Waals surface area (Å²) in [6.07, 6.45) is 4.64. The van der Waals surface area contributed by atoms with Gasteiger partial charge in [0.1, 0.15) is 0 Å². The van der Waals surface area contributed by atoms with Crippen LogP contribution in [-0.2, 0) is 11.8 Å². The van der Waals surface area contributed by atoms with Gasteiger partial charge in [0.05, 0.1) is 0 Å². The van der Waals surface area contributed by atoms with Crippen LogP contribution in [0.5, 0.6) is 0 Å². The number of aryl methyl sites for hydroxylation is 1. The summed E-state index contributed by atoms with van der Waals surface area (Å²) < 4.78 is 1.84. The Hall–Kier alpha value is -1.16. The van der Waals surface area contributed by atoms with Crippen LogP contribution in [0.1, 0.15) is 20.3 Å². The fourth-order valence-corrected chi connectivity index (χ4v) is 1.73. The highest BCUT2D eigenvalue weighted by molar-refractivity contribution is 7.07. The Morgan fingerprint density at radius 2 is 2.43 bits per heavy atom. The number of thiazole rings is 1. The zero-order valence-electron chi connectivity index (χ0n) is 8.65. The van der Waals surface area contributed by atoms with Gasteiger partial charge in [0, 0.05) is 24.2 Å². The van der Waals surface area contributed by atoms with Crippen LogP contribution in [-0.4, -0.2) is 10.5 Å². The van der Waals surface area contributed by atoms with Crippen LogP contribution in [0.2, 0.25) is 0 Å². The van der Waals surface area contributed by atoms with Crippen LogP contribution in [0.4, 0.5) is 0 Å². The summed E-state index contributed by atoms with van der Waals surface area (Å²) in [7, 11) is 1.88. The van der Waals surface area contributed by atoms with Crippen LogP contribution in [0, 0.1) is 0 Å². The number of amides is 1. The third-order valence-corrected chi connectivity index (χ3v) is 2.65. The molecule has 0 unspecified atom stereocenters. The van der Waals surface area contributed by atoms with E-state index >= 15 is 0 Å². The molecule has 0 aliphatic carbocycles. The molecule has 1 heterocycles. The molecule has 1 rings (SSSR count). The molecule has 0 saturated heterocycles. The molecule has 0 atom stereocenters. The second kappa shape index (κ2) is 4.91. The molecule has 4 heteroatoms. The average molecular weight is 210 g/mol. The number of nitrogens with zero attached hydrogens (tertiary/aromatic N) is 2. The predicted molar refractivity (Wildman–Crippen MR) is 57.9 cm³/mol. The first kappa shape index (κ1) is 10.9. The summed E-state index contributed by atoms with van der Waals surface area (Å²) in [4.78, 5) is 16.3. The first-order chi connectivity index (χ1) is 6.65. The number of carbonyl (C=O) groups excluding carboxylic acids is 1. The number of rotatable bonds is 2. The van der Waals surface area contributed by atoms with E-state index in [9.17, 15) is 4.79 Å². The largest absolute Gasteiger partial charge is 0.327 e. The van der Waals surface area contributed by atoms with Crippen molar-refractivity contribution in [1.29, 1.82) is 0 Å². The molecule has 0 aliphatic rings. The molecule has 0 N–H and O–H groups in total. The standard InChI is InChI=1S/C10H14N2OS/c1-4-5-8(2)9(13)11-10-12(3)6-7-14-10/h5-7H,4H2,1-3H3/b8-5-,11-10?. The van der Waals surface area contributed by atoms with Crippen molar-refractivity contribution in [3.05, 3.63) is 28.0 Å². The number of hydrogen-bond acceptors (Lipinski definition) is 2. The minimum absolute atomic E-state index is 0.148. The van der Waals surface area contributed by atoms with Gasteiger partial charge in [0.2, 0.25) is 0 Å². The van der Waals surface area contributed by atoms with E-state index in [-0.39, 0.29) is 5.91 Å². The Balaban J connectivity index is 2.95. The Morgan fingerprint density at radius 3 is 2.93 bits per heavy atom. The first-order valence-corrected chi connectivity index (χ1v) is 5.39. The molecule has 76 valence electrons. The minimum atomic E-state index is -0.148. The van der Waals surface area contributed by atoms with Gasteiger partial charge in [-0.05, 0) is 13.3 Å². The third kappa shape index (κ3) is 2.67. The van der Waals surface area contributed by atoms with Gasteiger partial charge in [-0.2, -0.15) is 4.99 Å². The normalized spacial score (nSPS) is 13.4. The van der Waals surface area contributed by atoms with Crippen LogP contribution in [0.3, 0.4) is 0 Å². The van der Waals surface area contributed by atoms with Crippen LogP contribution in [0.25, 0.3) is 0 Å². The zero-order chi connectivity index (χ0) is 10.6. The average Bonchev–Trinajstić information content (AvgIpc) is 2.52. The summed E-state index contributed by atoms with van der Waals surface area (Å²) in [5.74, 6) is -0.148. The fourth-order valence-electron chi connectivity index (χ4n) is 1.00. The third-order valence-electron chi connectivity index (χ3n) is 1.80. The van der Waals surface area contributed by atoms with Gasteiger partial charge < -0.3 is 4.57 Å². The maximum Gasteiger partial charge on any atom is 0.274 e. The molecule has 0 aliphatic heterocycles. The van der Waals surface area contributed by atoms with Crippen LogP contribution >= 0.6 is 11.3 Å². The highest BCUT2D eigenvalue weighted by Gasteiger charge is 2.01. The van der Waals surface area contributed by atoms with Gasteiger partial charge in [-0.1, -0.05) is 13.0 Å². The highest BCUT2D eigenvalue weighted by Crippen LogP contribution is 1.98. The fraction of sp³-hybridized carbons (Fsp3) is 0.400. The van der Waals surface area contributed by atoms with Gasteiger partial charge in [0.15, 0.2) is 4.80 Å². The van der Waals surface area contributed by atoms with Crippen molar-refractivity contribution in [3.63, 3.8) is 0 Å². The monoisotopic (exact) mass is 210 g/mol. The molecular formula is C10H14N2OS. The van der Waals surface area contributed by atoms with Gasteiger partial charge in [0.25, 0.3) is 5.91 Å². The molecule has 0 saturated carbocycles. The molecule has 0 radical (unpaired) electrons. The van der Waals surface area contributed by atoms with E-state index in [1.807, 2.05) is 36.2 Å². The second-order valence-electron chi connectivity index (χ2n) is 3.01. The van der Waals surface area contributed by atoms with Crippen molar-refractivity contribution in [1.82, 2.24) is 4.57 Å². The molecule has 3 nitrogen and oxygen atoms in total. The van der Waals surface area contributed by atoms with Crippen molar-refractivity contribution in [2.45, 2.75) is 20.3 Å². The van der Waals surface area contributed by atoms with Crippen molar-refractivity contribution in [2.75, 3.05) is 0 Å². The highest BCUT2D eigenvalue weighted by atomic mass is 32.1. The van der Waals surface area contributed by atoms with E-state index in [2.05, 4.69) is 4.99 Å². The summed E-state index contributed by atoms with van der Waals surface area (Å²) in [5.41, 5.74) is 0.709. The Kier molecular flexibility index (Phi) is 3.83. The zero-order valence-corrected chi connectivity index (χ0v) is 9.47. The second-order valence-corrected chi connectivity index (χ2v) is 3.88. The summed E-state index contributed by atoms with van der Waals surface area (Å²) in [6, 6.07) is 0. The summed E-state index contributed by atoms with van der Waals surface area (Å²) in [5, 5.41) is 1.91. The van der Waals surface area contributed by atoms with Crippen molar-refractivity contribution < 1.29 is 4.79 Å². The smallest absolute Gasteiger partial charge is 0.274 e. The van der Waals surface area contributed by atoms with Crippen molar-refractivity contribution in [2.24, 2.45) is 12.0 Å². The van der Waals surface area contributed by atoms with E-state index in [0.717, 1.165) is 11.2 Å². The molecule has 1 amide bonds. The maximum atomic E-state index is 11.5. The quantitative estimate of drug-likeness (QED) is 0.686. The Morgan fingerprint density at radius 1 is 1.71 bits per heavy atom. The topological polar surface area (TPSA) is 34.4 Å². The lowest BCUT2D eigenvalue weighted by Crippen LogP contribution is -2.12. The van der Waals surface area contributed by atoms with Gasteiger partial charge in [-0.3, -0.25) is 4.79 Å². The molecule has 1 aromatic rings. The lowest BCUT2D eigenvalue weighted by Gasteiger charge is -1.93. The predicted octanol–water partition coefficient (Wildman–Crippen LogP) is 1.87. The maximum absolute atomic E-state index is 11.5. The first-order valence-electron chi connectivity index (χ1n) is 4.51. The summed E-state index contributed by atoms with van der Waals surface area (Å²) in [6.45, 7) is 3.80. The number of carbonyl (C=O) groups is 1. The molecule has 0 spiro atoms. The Bertz CT molecular complexity index is 412. The van der Waals surface area contributed by atoms with Crippen LogP contribution in [0.15, 0.2) is 28.2 Å². The van der Waals surface area contributed by atoms with E-state index < -0.39 is 0 Å². The van der Waals surface area contributed by atoms with E-state index in [4.69, 9.17) is 0 Å². The van der Waals surface area contributed by atoms with Crippen LogP contribution < -0.4 is 4.80 Å². The van der Waals surface area contributed by atoms with Gasteiger partial charge in [-0.15, -0.1) is 11.3 Å². The number of allylic oxidation sites excluding steroid dienone is 1. The lowest BCUT2D eigenvalue weighted by atomic mass is 10.2. The minimum Gasteiger partial charge on any atom is -0.327 e. The molecule has 1 aromatic heterocycles. The molecule has 0 bridgehead atoms. The van der Waals surface area contributed by atoms with Crippen molar-refractivity contribution in [3.8, 4) is 0 Å². The van der Waals surface area contributed by atoms with E-state index in [1.54, 1.807) is 6.92 Å². The molecule has 0 aromatic carbocycles. The lowest BCUT2D eigenvalue weighted by molar-refractivity contribution is -0.114. The van der Waals surface area contributed by atoms with E-state index in [1.165, 1.54) is 11.3 Å². The molecule has 14 heavy (non-hydrogen) atoms. The van der Waals surface area contributed by atoms with E-state index in [0.29, 0.717) is 5.57 Å². The summed E-state index contributed by atoms with van der Waals surface area (Å²) >= 11 is 1.46. The van der Waals surface area contributed by atoms with Crippen molar-refractivity contribution >= 4 is 17.2 Å². The molecule has 0 fully saturated rings. The van der Waals surface area contributed by atoms with Gasteiger partial charge in [-0.25, -0.2) is 0 Å². The molecular weight excluding hydrogens is 196 g/mol.